The molecule has 0 radical (unpaired) electrons. The van der Waals surface area contributed by atoms with Crippen molar-refractivity contribution in [1.29, 1.82) is 0 Å². The molecule has 228 valence electrons. The van der Waals surface area contributed by atoms with Crippen LogP contribution in [0.4, 0.5) is 0 Å². The summed E-state index contributed by atoms with van der Waals surface area (Å²) in [6, 6.07) is 36.1. The summed E-state index contributed by atoms with van der Waals surface area (Å²) >= 11 is 3.45. The molecule has 0 aliphatic heterocycles. The molecule has 0 atom stereocenters. The average Bonchev–Trinajstić information content (AvgIpc) is 3.95. The normalized spacial score (nSPS) is 12.5. The van der Waals surface area contributed by atoms with Gasteiger partial charge in [0, 0.05) is 38.6 Å². The lowest BCUT2D eigenvalue weighted by atomic mass is 10.1. The highest BCUT2D eigenvalue weighted by Crippen LogP contribution is 2.43. The van der Waals surface area contributed by atoms with Gasteiger partial charge in [0.25, 0.3) is 0 Å². The van der Waals surface area contributed by atoms with Crippen LogP contribution < -0.4 is 0 Å². The smallest absolute Gasteiger partial charge is 0.222 e. The fourth-order valence-corrected chi connectivity index (χ4v) is 9.96. The molecule has 4 aromatic carbocycles. The summed E-state index contributed by atoms with van der Waals surface area (Å²) in [5, 5.41) is 4.53. The van der Waals surface area contributed by atoms with Crippen LogP contribution in [-0.2, 0) is 0 Å². The van der Waals surface area contributed by atoms with Gasteiger partial charge in [-0.3, -0.25) is 18.5 Å². The van der Waals surface area contributed by atoms with Crippen molar-refractivity contribution in [2.75, 3.05) is 0 Å². The number of aromatic nitrogens is 8. The van der Waals surface area contributed by atoms with E-state index in [1.54, 1.807) is 29.0 Å². The Hall–Kier alpha value is -6.23. The Kier molecular flexibility index (Phi) is 4.86. The minimum atomic E-state index is 0.801. The van der Waals surface area contributed by atoms with E-state index in [-0.39, 0.29) is 0 Å². The second-order valence-corrected chi connectivity index (χ2v) is 14.3. The van der Waals surface area contributed by atoms with Crippen LogP contribution >= 0.6 is 22.7 Å². The molecule has 0 amide bonds. The maximum atomic E-state index is 5.53. The molecule has 12 aromatic rings. The molecule has 0 N–H and O–H groups in total. The molecule has 0 aliphatic carbocycles. The maximum Gasteiger partial charge on any atom is 0.222 e. The number of thiophene rings is 2. The average molecular weight is 665 g/mol. The third-order valence-corrected chi connectivity index (χ3v) is 12.0. The maximum absolute atomic E-state index is 5.53. The molecule has 0 spiro atoms. The SMILES string of the molecule is c1ccc2c(c1)sc1c(-n3c4ccccc4n4c5ccc6c7ccccc7n(-c7nccc8c7sc7cccnc78)c6c5nc34)ncnc12. The van der Waals surface area contributed by atoms with Gasteiger partial charge < -0.3 is 0 Å². The summed E-state index contributed by atoms with van der Waals surface area (Å²) in [5.41, 5.74) is 8.10. The van der Waals surface area contributed by atoms with E-state index in [1.807, 2.05) is 18.5 Å². The molecule has 0 saturated carbocycles. The Morgan fingerprint density at radius 2 is 1.22 bits per heavy atom. The molecule has 8 aromatic heterocycles. The predicted molar refractivity (Wildman–Crippen MR) is 201 cm³/mol. The highest BCUT2D eigenvalue weighted by molar-refractivity contribution is 7.26. The lowest BCUT2D eigenvalue weighted by molar-refractivity contribution is 1.04. The lowest BCUT2D eigenvalue weighted by Crippen LogP contribution is -1.99. The van der Waals surface area contributed by atoms with Gasteiger partial charge in [0.1, 0.15) is 11.8 Å². The first-order chi connectivity index (χ1) is 24.3. The van der Waals surface area contributed by atoms with Gasteiger partial charge in [0.05, 0.1) is 52.7 Å². The number of nitrogens with zero attached hydrogens (tertiary/aromatic N) is 8. The van der Waals surface area contributed by atoms with Crippen molar-refractivity contribution in [3.8, 4) is 11.6 Å². The van der Waals surface area contributed by atoms with Gasteiger partial charge in [-0.2, -0.15) is 0 Å². The van der Waals surface area contributed by atoms with Crippen molar-refractivity contribution in [3.63, 3.8) is 0 Å². The van der Waals surface area contributed by atoms with Gasteiger partial charge in [0.2, 0.25) is 5.78 Å². The highest BCUT2D eigenvalue weighted by Gasteiger charge is 2.25. The first-order valence-electron chi connectivity index (χ1n) is 15.9. The van der Waals surface area contributed by atoms with E-state index in [0.29, 0.717) is 0 Å². The molecule has 10 heteroatoms. The molecule has 0 fully saturated rings. The molecule has 8 nitrogen and oxygen atoms in total. The Bertz CT molecular complexity index is 3360. The summed E-state index contributed by atoms with van der Waals surface area (Å²) in [5.74, 6) is 2.51. The molecular weight excluding hydrogens is 645 g/mol. The second-order valence-electron chi connectivity index (χ2n) is 12.2. The van der Waals surface area contributed by atoms with E-state index < -0.39 is 0 Å². The van der Waals surface area contributed by atoms with Crippen LogP contribution in [0.2, 0.25) is 0 Å². The minimum absolute atomic E-state index is 0.801. The van der Waals surface area contributed by atoms with E-state index in [2.05, 4.69) is 111 Å². The van der Waals surface area contributed by atoms with Crippen molar-refractivity contribution < 1.29 is 0 Å². The van der Waals surface area contributed by atoms with E-state index >= 15 is 0 Å². The van der Waals surface area contributed by atoms with Crippen molar-refractivity contribution in [1.82, 2.24) is 38.5 Å². The van der Waals surface area contributed by atoms with Crippen molar-refractivity contribution in [3.05, 3.63) is 122 Å². The van der Waals surface area contributed by atoms with E-state index in [4.69, 9.17) is 24.9 Å². The van der Waals surface area contributed by atoms with Crippen LogP contribution in [0.3, 0.4) is 0 Å². The number of fused-ring (bicyclic) bond motifs is 15. The van der Waals surface area contributed by atoms with Crippen LogP contribution in [0.15, 0.2) is 122 Å². The van der Waals surface area contributed by atoms with E-state index in [0.717, 1.165) is 97.2 Å². The van der Waals surface area contributed by atoms with Gasteiger partial charge in [0.15, 0.2) is 11.6 Å². The molecule has 0 aliphatic rings. The fraction of sp³-hybridized carbons (Fsp3) is 0. The standard InChI is InChI=1S/C39H20N8S2/c1-3-10-25-21(8-1)22-15-16-28-33(34(22)46(25)37-35-24(17-19-41-37)31-30(49-35)14-7-18-40-31)44-39-45(28)26-11-4-5-12-27(26)47(39)38-36-32(42-20-43-38)23-9-2-6-13-29(23)48-36/h1-20H. The summed E-state index contributed by atoms with van der Waals surface area (Å²) in [6.45, 7) is 0. The Balaban J connectivity index is 1.26. The summed E-state index contributed by atoms with van der Waals surface area (Å²) in [4.78, 5) is 25.0. The summed E-state index contributed by atoms with van der Waals surface area (Å²) in [6.07, 6.45) is 5.43. The zero-order valence-electron chi connectivity index (χ0n) is 25.4. The van der Waals surface area contributed by atoms with Crippen LogP contribution in [0, 0.1) is 0 Å². The second kappa shape index (κ2) is 9.22. The van der Waals surface area contributed by atoms with Crippen LogP contribution in [0.25, 0.3) is 102 Å². The number of imidazole rings is 2. The number of rotatable bonds is 2. The molecule has 49 heavy (non-hydrogen) atoms. The third kappa shape index (κ3) is 3.24. The van der Waals surface area contributed by atoms with Crippen molar-refractivity contribution in [2.45, 2.75) is 0 Å². The molecule has 0 unspecified atom stereocenters. The third-order valence-electron chi connectivity index (χ3n) is 9.69. The van der Waals surface area contributed by atoms with Gasteiger partial charge in [-0.15, -0.1) is 22.7 Å². The van der Waals surface area contributed by atoms with E-state index in [1.165, 1.54) is 4.70 Å². The zero-order chi connectivity index (χ0) is 31.8. The first kappa shape index (κ1) is 25.8. The number of hydrogen-bond acceptors (Lipinski definition) is 7. The van der Waals surface area contributed by atoms with Crippen LogP contribution in [-0.4, -0.2) is 38.5 Å². The lowest BCUT2D eigenvalue weighted by Gasteiger charge is -2.08. The summed E-state index contributed by atoms with van der Waals surface area (Å²) < 4.78 is 11.2. The van der Waals surface area contributed by atoms with E-state index in [9.17, 15) is 0 Å². The topological polar surface area (TPSA) is 78.7 Å². The predicted octanol–water partition coefficient (Wildman–Crippen LogP) is 9.84. The molecular formula is C39H20N8S2. The number of pyridine rings is 2. The highest BCUT2D eigenvalue weighted by atomic mass is 32.1. The largest absolute Gasteiger partial charge is 0.290 e. The quantitative estimate of drug-likeness (QED) is 0.184. The van der Waals surface area contributed by atoms with Crippen LogP contribution in [0.1, 0.15) is 0 Å². The molecule has 8 heterocycles. The van der Waals surface area contributed by atoms with Crippen molar-refractivity contribution >= 4 is 113 Å². The number of hydrogen-bond donors (Lipinski definition) is 0. The monoisotopic (exact) mass is 664 g/mol. The van der Waals surface area contributed by atoms with Gasteiger partial charge in [-0.25, -0.2) is 19.9 Å². The fourth-order valence-electron chi connectivity index (χ4n) is 7.68. The Labute approximate surface area is 283 Å². The van der Waals surface area contributed by atoms with Crippen molar-refractivity contribution in [2.24, 2.45) is 0 Å². The van der Waals surface area contributed by atoms with Gasteiger partial charge in [-0.1, -0.05) is 48.5 Å². The van der Waals surface area contributed by atoms with Gasteiger partial charge >= 0.3 is 0 Å². The molecule has 0 bridgehead atoms. The first-order valence-corrected chi connectivity index (χ1v) is 17.6. The Morgan fingerprint density at radius 3 is 2.16 bits per heavy atom. The number of benzene rings is 4. The van der Waals surface area contributed by atoms with Crippen LogP contribution in [0.5, 0.6) is 0 Å². The molecule has 12 rings (SSSR count). The minimum Gasteiger partial charge on any atom is -0.290 e. The molecule has 0 saturated heterocycles. The van der Waals surface area contributed by atoms with Gasteiger partial charge in [-0.05, 0) is 54.6 Å². The number of para-hydroxylation sites is 3. The Morgan fingerprint density at radius 1 is 0.449 bits per heavy atom. The summed E-state index contributed by atoms with van der Waals surface area (Å²) in [7, 11) is 0. The zero-order valence-corrected chi connectivity index (χ0v) is 27.1.